The van der Waals surface area contributed by atoms with Crippen LogP contribution < -0.4 is 0 Å². The lowest BCUT2D eigenvalue weighted by atomic mass is 10.0. The van der Waals surface area contributed by atoms with Crippen LogP contribution in [0.4, 0.5) is 13.2 Å². The van der Waals surface area contributed by atoms with Gasteiger partial charge in [-0.15, -0.1) is 0 Å². The number of allylic oxidation sites excluding steroid dienone is 2. The summed E-state index contributed by atoms with van der Waals surface area (Å²) in [6, 6.07) is 0. The molecule has 0 radical (unpaired) electrons. The molecule has 0 rings (SSSR count). The first-order valence-corrected chi connectivity index (χ1v) is 3.55. The fourth-order valence-corrected chi connectivity index (χ4v) is 0.711. The second-order valence-electron chi connectivity index (χ2n) is 2.84. The molecule has 0 aromatic rings. The summed E-state index contributed by atoms with van der Waals surface area (Å²) >= 11 is 0. The van der Waals surface area contributed by atoms with E-state index in [4.69, 9.17) is 0 Å². The molecule has 0 aliphatic heterocycles. The first-order valence-electron chi connectivity index (χ1n) is 3.55. The zero-order valence-electron chi connectivity index (χ0n) is 7.37. The SMILES string of the molecule is C=N/C(=C(\C)C(C)C)C(F)(F)F. The van der Waals surface area contributed by atoms with Gasteiger partial charge in [-0.1, -0.05) is 13.8 Å². The molecule has 0 aromatic heterocycles. The fraction of sp³-hybridized carbons (Fsp3) is 0.625. The molecule has 0 fully saturated rings. The summed E-state index contributed by atoms with van der Waals surface area (Å²) in [4.78, 5) is 2.99. The summed E-state index contributed by atoms with van der Waals surface area (Å²) in [7, 11) is 0. The number of halogens is 3. The molecule has 0 atom stereocenters. The van der Waals surface area contributed by atoms with Crippen LogP contribution in [0.25, 0.3) is 0 Å². The van der Waals surface area contributed by atoms with E-state index in [1.165, 1.54) is 6.92 Å². The van der Waals surface area contributed by atoms with E-state index in [9.17, 15) is 13.2 Å². The molecule has 12 heavy (non-hydrogen) atoms. The smallest absolute Gasteiger partial charge is 0.260 e. The fourth-order valence-electron chi connectivity index (χ4n) is 0.711. The summed E-state index contributed by atoms with van der Waals surface area (Å²) in [5.41, 5.74) is -0.644. The van der Waals surface area contributed by atoms with E-state index in [1.54, 1.807) is 13.8 Å². The monoisotopic (exact) mass is 179 g/mol. The Kier molecular flexibility index (Phi) is 3.49. The van der Waals surface area contributed by atoms with Gasteiger partial charge in [-0.3, -0.25) is 4.99 Å². The Morgan fingerprint density at radius 3 is 1.83 bits per heavy atom. The van der Waals surface area contributed by atoms with Crippen LogP contribution in [0.3, 0.4) is 0 Å². The normalized spacial score (nSPS) is 14.6. The highest BCUT2D eigenvalue weighted by molar-refractivity contribution is 5.32. The molecule has 1 nitrogen and oxygen atoms in total. The summed E-state index contributed by atoms with van der Waals surface area (Å²) in [5.74, 6) is -0.160. The maximum atomic E-state index is 12.1. The van der Waals surface area contributed by atoms with Gasteiger partial charge in [0.15, 0.2) is 0 Å². The summed E-state index contributed by atoms with van der Waals surface area (Å²) in [5, 5.41) is 0. The van der Waals surface area contributed by atoms with E-state index in [1.807, 2.05) is 0 Å². The zero-order chi connectivity index (χ0) is 9.94. The third kappa shape index (κ3) is 2.68. The van der Waals surface area contributed by atoms with E-state index in [2.05, 4.69) is 11.7 Å². The molecule has 0 saturated heterocycles. The van der Waals surface area contributed by atoms with E-state index in [0.29, 0.717) is 0 Å². The third-order valence-electron chi connectivity index (χ3n) is 1.67. The topological polar surface area (TPSA) is 12.4 Å². The Hall–Kier alpha value is -0.800. The Bertz CT molecular complexity index is 201. The Labute approximate surface area is 70.0 Å². The zero-order valence-corrected chi connectivity index (χ0v) is 7.37. The van der Waals surface area contributed by atoms with Crippen LogP contribution in [-0.2, 0) is 0 Å². The van der Waals surface area contributed by atoms with Crippen LogP contribution in [-0.4, -0.2) is 12.9 Å². The number of aliphatic imine (C=N–C) groups is 1. The third-order valence-corrected chi connectivity index (χ3v) is 1.67. The minimum Gasteiger partial charge on any atom is -0.260 e. The summed E-state index contributed by atoms with van der Waals surface area (Å²) < 4.78 is 36.4. The molecule has 4 heteroatoms. The van der Waals surface area contributed by atoms with E-state index < -0.39 is 11.9 Å². The maximum absolute atomic E-state index is 12.1. The van der Waals surface area contributed by atoms with Gasteiger partial charge < -0.3 is 0 Å². The largest absolute Gasteiger partial charge is 0.433 e. The van der Waals surface area contributed by atoms with Gasteiger partial charge in [0.05, 0.1) is 0 Å². The van der Waals surface area contributed by atoms with Crippen LogP contribution in [0.15, 0.2) is 16.3 Å². The molecule has 0 spiro atoms. The van der Waals surface area contributed by atoms with Crippen molar-refractivity contribution >= 4 is 6.72 Å². The van der Waals surface area contributed by atoms with Crippen LogP contribution >= 0.6 is 0 Å². The van der Waals surface area contributed by atoms with E-state index in [-0.39, 0.29) is 11.5 Å². The molecule has 0 aliphatic carbocycles. The quantitative estimate of drug-likeness (QED) is 0.577. The van der Waals surface area contributed by atoms with Gasteiger partial charge in [0, 0.05) is 0 Å². The number of rotatable bonds is 2. The van der Waals surface area contributed by atoms with Crippen molar-refractivity contribution < 1.29 is 13.2 Å². The second-order valence-corrected chi connectivity index (χ2v) is 2.84. The molecule has 0 heterocycles. The lowest BCUT2D eigenvalue weighted by Crippen LogP contribution is -2.13. The minimum absolute atomic E-state index is 0.160. The lowest BCUT2D eigenvalue weighted by Gasteiger charge is -2.13. The van der Waals surface area contributed by atoms with Crippen molar-refractivity contribution in [3.8, 4) is 0 Å². The molecule has 0 bridgehead atoms. The predicted octanol–water partition coefficient (Wildman–Crippen LogP) is 3.18. The van der Waals surface area contributed by atoms with Crippen LogP contribution in [0.5, 0.6) is 0 Å². The molecule has 70 valence electrons. The first-order chi connectivity index (χ1) is 5.30. The minimum atomic E-state index is -4.38. The van der Waals surface area contributed by atoms with Gasteiger partial charge in [-0.25, -0.2) is 0 Å². The molecule has 0 N–H and O–H groups in total. The predicted molar refractivity (Wildman–Crippen MR) is 43.1 cm³/mol. The molecular weight excluding hydrogens is 167 g/mol. The van der Waals surface area contributed by atoms with Crippen molar-refractivity contribution in [2.75, 3.05) is 0 Å². The molecule has 0 aliphatic rings. The first kappa shape index (κ1) is 11.2. The van der Waals surface area contributed by atoms with Crippen LogP contribution in [0.2, 0.25) is 0 Å². The van der Waals surface area contributed by atoms with Crippen molar-refractivity contribution in [1.82, 2.24) is 0 Å². The summed E-state index contributed by atoms with van der Waals surface area (Å²) in [6.07, 6.45) is -4.38. The second kappa shape index (κ2) is 3.74. The molecule has 0 saturated carbocycles. The lowest BCUT2D eigenvalue weighted by molar-refractivity contribution is -0.0934. The standard InChI is InChI=1S/C8H12F3N/c1-5(2)6(3)7(12-4)8(9,10)11/h5H,4H2,1-3H3/b7-6+. The number of hydrogen-bond acceptors (Lipinski definition) is 1. The van der Waals surface area contributed by atoms with Gasteiger partial charge in [0.25, 0.3) is 0 Å². The van der Waals surface area contributed by atoms with Crippen LogP contribution in [0.1, 0.15) is 20.8 Å². The number of nitrogens with zero attached hydrogens (tertiary/aromatic N) is 1. The highest BCUT2D eigenvalue weighted by Crippen LogP contribution is 2.31. The van der Waals surface area contributed by atoms with Gasteiger partial charge >= 0.3 is 6.18 Å². The van der Waals surface area contributed by atoms with Gasteiger partial charge in [-0.2, -0.15) is 13.2 Å². The Morgan fingerprint density at radius 2 is 1.75 bits per heavy atom. The number of hydrogen-bond donors (Lipinski definition) is 0. The summed E-state index contributed by atoms with van der Waals surface area (Å²) in [6.45, 7) is 7.70. The van der Waals surface area contributed by atoms with Crippen molar-refractivity contribution in [1.29, 1.82) is 0 Å². The highest BCUT2D eigenvalue weighted by atomic mass is 19.4. The van der Waals surface area contributed by atoms with E-state index >= 15 is 0 Å². The van der Waals surface area contributed by atoms with Gasteiger partial charge in [0.2, 0.25) is 0 Å². The number of alkyl halides is 3. The van der Waals surface area contributed by atoms with Crippen molar-refractivity contribution in [3.05, 3.63) is 11.3 Å². The highest BCUT2D eigenvalue weighted by Gasteiger charge is 2.35. The molecular formula is C8H12F3N. The van der Waals surface area contributed by atoms with Crippen molar-refractivity contribution in [2.45, 2.75) is 26.9 Å². The van der Waals surface area contributed by atoms with Gasteiger partial charge in [-0.05, 0) is 25.1 Å². The Balaban J connectivity index is 5.00. The molecule has 0 aromatic carbocycles. The van der Waals surface area contributed by atoms with Gasteiger partial charge in [0.1, 0.15) is 5.70 Å². The molecule has 0 unspecified atom stereocenters. The van der Waals surface area contributed by atoms with Crippen molar-refractivity contribution in [2.24, 2.45) is 10.9 Å². The molecule has 0 amide bonds. The maximum Gasteiger partial charge on any atom is 0.433 e. The average Bonchev–Trinajstić information content (AvgIpc) is 1.85. The van der Waals surface area contributed by atoms with Crippen molar-refractivity contribution in [3.63, 3.8) is 0 Å². The average molecular weight is 179 g/mol. The Morgan fingerprint density at radius 1 is 1.33 bits per heavy atom. The van der Waals surface area contributed by atoms with Crippen LogP contribution in [0, 0.1) is 5.92 Å². The van der Waals surface area contributed by atoms with E-state index in [0.717, 1.165) is 0 Å².